The number of rotatable bonds is 5. The lowest BCUT2D eigenvalue weighted by molar-refractivity contribution is -0.155. The smallest absolute Gasteiger partial charge is 0.306 e. The third kappa shape index (κ3) is 4.85. The van der Waals surface area contributed by atoms with Crippen molar-refractivity contribution < 1.29 is 14.3 Å². The summed E-state index contributed by atoms with van der Waals surface area (Å²) in [6.07, 6.45) is -0.0424. The molecule has 1 atom stereocenters. The predicted octanol–water partition coefficient (Wildman–Crippen LogP) is 2.20. The first-order chi connectivity index (χ1) is 12.4. The minimum Gasteiger partial charge on any atom is -0.460 e. The van der Waals surface area contributed by atoms with Gasteiger partial charge in [0.1, 0.15) is 17.5 Å². The van der Waals surface area contributed by atoms with Gasteiger partial charge in [-0.2, -0.15) is 0 Å². The molecule has 0 unspecified atom stereocenters. The molecule has 4 N–H and O–H groups in total. The van der Waals surface area contributed by atoms with Gasteiger partial charge in [0.2, 0.25) is 5.91 Å². The summed E-state index contributed by atoms with van der Waals surface area (Å²) in [4.78, 5) is 41.4. The zero-order valence-electron chi connectivity index (χ0n) is 15.7. The SMILES string of the molecule is Cc1nc2cc(Br)cc(N)c2c(=O)n1[C@@H](CCC(=O)OC(C)(C)C)C(N)=O. The van der Waals surface area contributed by atoms with E-state index in [0.29, 0.717) is 15.8 Å². The first kappa shape index (κ1) is 20.9. The minimum absolute atomic E-state index is 0.0224. The number of primary amides is 1. The summed E-state index contributed by atoms with van der Waals surface area (Å²) in [6, 6.07) is 2.22. The van der Waals surface area contributed by atoms with Gasteiger partial charge in [0, 0.05) is 16.6 Å². The lowest BCUT2D eigenvalue weighted by atomic mass is 10.1. The van der Waals surface area contributed by atoms with Crippen LogP contribution in [0, 0.1) is 6.92 Å². The molecule has 1 aromatic carbocycles. The standard InChI is InChI=1S/C18H23BrN4O4/c1-9-22-12-8-10(19)7-11(20)15(12)17(26)23(9)13(16(21)25)5-6-14(24)27-18(2,3)4/h7-8,13H,5-6,20H2,1-4H3,(H2,21,25)/t13-/m0/s1. The molecule has 0 spiro atoms. The number of hydrogen-bond acceptors (Lipinski definition) is 6. The highest BCUT2D eigenvalue weighted by Gasteiger charge is 2.25. The number of nitrogens with zero attached hydrogens (tertiary/aromatic N) is 2. The second kappa shape index (κ2) is 7.67. The number of hydrogen-bond donors (Lipinski definition) is 2. The van der Waals surface area contributed by atoms with Gasteiger partial charge < -0.3 is 16.2 Å². The third-order valence-corrected chi connectivity index (χ3v) is 4.32. The molecule has 1 aromatic heterocycles. The molecule has 0 fully saturated rings. The average molecular weight is 439 g/mol. The first-order valence-corrected chi connectivity index (χ1v) is 9.19. The van der Waals surface area contributed by atoms with Crippen LogP contribution in [0.2, 0.25) is 0 Å². The lowest BCUT2D eigenvalue weighted by Gasteiger charge is -2.22. The zero-order valence-corrected chi connectivity index (χ0v) is 17.3. The number of halogens is 1. The van der Waals surface area contributed by atoms with Gasteiger partial charge in [0.05, 0.1) is 10.9 Å². The van der Waals surface area contributed by atoms with Crippen molar-refractivity contribution in [2.75, 3.05) is 5.73 Å². The van der Waals surface area contributed by atoms with E-state index in [4.69, 9.17) is 16.2 Å². The summed E-state index contributed by atoms with van der Waals surface area (Å²) in [5, 5.41) is 0.201. The second-order valence-corrected chi connectivity index (χ2v) is 8.18. The van der Waals surface area contributed by atoms with Crippen molar-refractivity contribution in [3.8, 4) is 0 Å². The number of carbonyl (C=O) groups is 2. The Bertz CT molecular complexity index is 962. The van der Waals surface area contributed by atoms with Crippen molar-refractivity contribution in [2.24, 2.45) is 5.73 Å². The van der Waals surface area contributed by atoms with Crippen LogP contribution in [-0.4, -0.2) is 27.0 Å². The van der Waals surface area contributed by atoms with Gasteiger partial charge in [-0.15, -0.1) is 0 Å². The molecule has 0 saturated heterocycles. The molecule has 8 nitrogen and oxygen atoms in total. The van der Waals surface area contributed by atoms with E-state index in [1.165, 1.54) is 4.57 Å². The van der Waals surface area contributed by atoms with Crippen molar-refractivity contribution in [3.05, 3.63) is 32.8 Å². The summed E-state index contributed by atoms with van der Waals surface area (Å²) in [5.41, 5.74) is 11.0. The van der Waals surface area contributed by atoms with Crippen LogP contribution in [0.3, 0.4) is 0 Å². The Labute approximate surface area is 165 Å². The van der Waals surface area contributed by atoms with Crippen LogP contribution in [0.1, 0.15) is 45.5 Å². The fraction of sp³-hybridized carbons (Fsp3) is 0.444. The number of anilines is 1. The van der Waals surface area contributed by atoms with E-state index >= 15 is 0 Å². The van der Waals surface area contributed by atoms with Gasteiger partial charge in [0.25, 0.3) is 5.56 Å². The Morgan fingerprint density at radius 3 is 2.52 bits per heavy atom. The van der Waals surface area contributed by atoms with Gasteiger partial charge in [-0.25, -0.2) is 4.98 Å². The summed E-state index contributed by atoms with van der Waals surface area (Å²) in [5.74, 6) is -0.907. The molecule has 0 aliphatic heterocycles. The summed E-state index contributed by atoms with van der Waals surface area (Å²) in [7, 11) is 0. The molecule has 0 aliphatic carbocycles. The maximum atomic E-state index is 13.0. The Morgan fingerprint density at radius 2 is 1.96 bits per heavy atom. The maximum Gasteiger partial charge on any atom is 0.306 e. The Morgan fingerprint density at radius 1 is 1.33 bits per heavy atom. The number of amides is 1. The van der Waals surface area contributed by atoms with Gasteiger partial charge in [-0.3, -0.25) is 19.0 Å². The second-order valence-electron chi connectivity index (χ2n) is 7.27. The summed E-state index contributed by atoms with van der Waals surface area (Å²) < 4.78 is 7.13. The highest BCUT2D eigenvalue weighted by Crippen LogP contribution is 2.24. The molecule has 27 heavy (non-hydrogen) atoms. The number of carbonyl (C=O) groups excluding carboxylic acids is 2. The number of benzene rings is 1. The van der Waals surface area contributed by atoms with Crippen LogP contribution in [0.5, 0.6) is 0 Å². The van der Waals surface area contributed by atoms with E-state index in [2.05, 4.69) is 20.9 Å². The van der Waals surface area contributed by atoms with Crippen LogP contribution in [0.15, 0.2) is 21.4 Å². The van der Waals surface area contributed by atoms with E-state index in [0.717, 1.165) is 0 Å². The Balaban J connectivity index is 2.46. The average Bonchev–Trinajstić information content (AvgIpc) is 2.46. The number of nitrogen functional groups attached to an aromatic ring is 1. The Hall–Kier alpha value is -2.42. The van der Waals surface area contributed by atoms with E-state index < -0.39 is 29.1 Å². The largest absolute Gasteiger partial charge is 0.460 e. The van der Waals surface area contributed by atoms with Gasteiger partial charge in [-0.05, 0) is 46.2 Å². The molecule has 0 saturated carbocycles. The molecule has 1 amide bonds. The van der Waals surface area contributed by atoms with Crippen LogP contribution in [-0.2, 0) is 14.3 Å². The highest BCUT2D eigenvalue weighted by atomic mass is 79.9. The molecule has 146 valence electrons. The van der Waals surface area contributed by atoms with Crippen LogP contribution in [0.25, 0.3) is 10.9 Å². The number of fused-ring (bicyclic) bond motifs is 1. The molecule has 0 aliphatic rings. The topological polar surface area (TPSA) is 130 Å². The lowest BCUT2D eigenvalue weighted by Crippen LogP contribution is -2.36. The molecular weight excluding hydrogens is 416 g/mol. The van der Waals surface area contributed by atoms with E-state index in [9.17, 15) is 14.4 Å². The van der Waals surface area contributed by atoms with Gasteiger partial charge >= 0.3 is 5.97 Å². The summed E-state index contributed by atoms with van der Waals surface area (Å²) >= 11 is 3.31. The molecular formula is C18H23BrN4O4. The quantitative estimate of drug-likeness (QED) is 0.543. The van der Waals surface area contributed by atoms with Crippen LogP contribution in [0.4, 0.5) is 5.69 Å². The minimum atomic E-state index is -1.04. The third-order valence-electron chi connectivity index (χ3n) is 3.86. The Kier molecular flexibility index (Phi) is 5.94. The van der Waals surface area contributed by atoms with Crippen LogP contribution < -0.4 is 17.0 Å². The van der Waals surface area contributed by atoms with Crippen LogP contribution >= 0.6 is 15.9 Å². The number of nitrogens with two attached hydrogens (primary N) is 2. The number of aryl methyl sites for hydroxylation is 1. The predicted molar refractivity (Wildman–Crippen MR) is 106 cm³/mol. The van der Waals surface area contributed by atoms with Gasteiger partial charge in [-0.1, -0.05) is 15.9 Å². The zero-order chi connectivity index (χ0) is 20.5. The molecule has 0 radical (unpaired) electrons. The van der Waals surface area contributed by atoms with E-state index in [1.54, 1.807) is 39.8 Å². The molecule has 9 heteroatoms. The van der Waals surface area contributed by atoms with Crippen molar-refractivity contribution in [2.45, 2.75) is 52.2 Å². The van der Waals surface area contributed by atoms with Crippen molar-refractivity contribution in [1.82, 2.24) is 9.55 Å². The molecule has 2 rings (SSSR count). The summed E-state index contributed by atoms with van der Waals surface area (Å²) in [6.45, 7) is 6.85. The van der Waals surface area contributed by atoms with Crippen molar-refractivity contribution >= 4 is 44.4 Å². The van der Waals surface area contributed by atoms with Crippen molar-refractivity contribution in [1.29, 1.82) is 0 Å². The van der Waals surface area contributed by atoms with E-state index in [1.807, 2.05) is 0 Å². The molecule has 2 aromatic rings. The number of ether oxygens (including phenoxy) is 1. The fourth-order valence-electron chi connectivity index (χ4n) is 2.84. The monoisotopic (exact) mass is 438 g/mol. The normalized spacial score (nSPS) is 12.8. The molecule has 1 heterocycles. The van der Waals surface area contributed by atoms with E-state index in [-0.39, 0.29) is 23.9 Å². The molecule has 0 bridgehead atoms. The number of esters is 1. The fourth-order valence-corrected chi connectivity index (χ4v) is 3.31. The number of aromatic nitrogens is 2. The maximum absolute atomic E-state index is 13.0. The highest BCUT2D eigenvalue weighted by molar-refractivity contribution is 9.10. The van der Waals surface area contributed by atoms with Gasteiger partial charge in [0.15, 0.2) is 0 Å². The first-order valence-electron chi connectivity index (χ1n) is 8.39. The van der Waals surface area contributed by atoms with Crippen molar-refractivity contribution in [3.63, 3.8) is 0 Å².